The van der Waals surface area contributed by atoms with Crippen LogP contribution in [0.1, 0.15) is 41.2 Å². The maximum absolute atomic E-state index is 14.0. The second kappa shape index (κ2) is 12.3. The van der Waals surface area contributed by atoms with Gasteiger partial charge in [-0.2, -0.15) is 0 Å². The Morgan fingerprint density at radius 3 is 1.84 bits per heavy atom. The van der Waals surface area contributed by atoms with Crippen LogP contribution in [-0.4, -0.2) is 44.8 Å². The fraction of sp³-hybridized carbons (Fsp3) is 0.333. The third-order valence-corrected chi connectivity index (χ3v) is 8.28. The van der Waals surface area contributed by atoms with E-state index in [-0.39, 0.29) is 17.3 Å². The Morgan fingerprint density at radius 1 is 0.816 bits per heavy atom. The molecule has 7 nitrogen and oxygen atoms in total. The number of nitrogens with one attached hydrogen (secondary N) is 1. The van der Waals surface area contributed by atoms with E-state index < -0.39 is 28.5 Å². The molecule has 0 aliphatic heterocycles. The topological polar surface area (TPSA) is 86.8 Å². The second-order valence-electron chi connectivity index (χ2n) is 9.72. The summed E-state index contributed by atoms with van der Waals surface area (Å²) in [6.07, 6.45) is 0.380. The first-order chi connectivity index (χ1) is 18.0. The van der Waals surface area contributed by atoms with Gasteiger partial charge in [0.15, 0.2) is 0 Å². The van der Waals surface area contributed by atoms with E-state index in [9.17, 15) is 18.0 Å². The van der Waals surface area contributed by atoms with Gasteiger partial charge in [-0.1, -0.05) is 60.5 Å². The first kappa shape index (κ1) is 28.9. The molecular weight excluding hydrogens is 498 g/mol. The highest BCUT2D eigenvalue weighted by molar-refractivity contribution is 7.92. The number of nitrogens with zero attached hydrogens (tertiary/aromatic N) is 2. The van der Waals surface area contributed by atoms with Gasteiger partial charge >= 0.3 is 0 Å². The Kier molecular flexibility index (Phi) is 9.33. The number of hydrogen-bond donors (Lipinski definition) is 1. The van der Waals surface area contributed by atoms with Gasteiger partial charge in [-0.15, -0.1) is 0 Å². The molecule has 0 heterocycles. The Morgan fingerprint density at radius 2 is 1.34 bits per heavy atom. The first-order valence-electron chi connectivity index (χ1n) is 12.7. The predicted octanol–water partition coefficient (Wildman–Crippen LogP) is 4.67. The molecule has 3 rings (SSSR count). The number of rotatable bonds is 10. The fourth-order valence-corrected chi connectivity index (χ4v) is 5.83. The summed E-state index contributed by atoms with van der Waals surface area (Å²) < 4.78 is 29.0. The summed E-state index contributed by atoms with van der Waals surface area (Å²) in [5.41, 5.74) is 5.02. The summed E-state index contributed by atoms with van der Waals surface area (Å²) in [4.78, 5) is 28.3. The number of aryl methyl sites for hydroxylation is 4. The van der Waals surface area contributed by atoms with Crippen molar-refractivity contribution in [1.82, 2.24) is 10.2 Å². The number of hydrogen-bond acceptors (Lipinski definition) is 4. The largest absolute Gasteiger partial charge is 0.357 e. The molecule has 0 aliphatic carbocycles. The summed E-state index contributed by atoms with van der Waals surface area (Å²) in [6.45, 7) is 9.20. The Bertz CT molecular complexity index is 1360. The minimum atomic E-state index is -4.08. The van der Waals surface area contributed by atoms with Crippen molar-refractivity contribution in [2.24, 2.45) is 0 Å². The third-order valence-electron chi connectivity index (χ3n) is 6.49. The molecule has 0 aromatic heterocycles. The summed E-state index contributed by atoms with van der Waals surface area (Å²) in [6, 6.07) is 19.0. The normalized spacial score (nSPS) is 12.1. The molecule has 3 aromatic rings. The summed E-state index contributed by atoms with van der Waals surface area (Å²) in [5, 5.41) is 2.64. The molecule has 0 radical (unpaired) electrons. The number of amides is 2. The van der Waals surface area contributed by atoms with Crippen molar-refractivity contribution < 1.29 is 18.0 Å². The van der Waals surface area contributed by atoms with Crippen LogP contribution >= 0.6 is 0 Å². The van der Waals surface area contributed by atoms with Crippen LogP contribution in [0.3, 0.4) is 0 Å². The van der Waals surface area contributed by atoms with Crippen molar-refractivity contribution in [1.29, 1.82) is 0 Å². The second-order valence-corrected chi connectivity index (χ2v) is 11.6. The standard InChI is InChI=1S/C30H37N3O4S/c1-7-28(30(35)31-6)32(19-25-12-8-21(2)9-13-25)29(34)20-33(26-17-23(4)16-24(5)18-26)38(36,37)27-14-10-22(3)11-15-27/h8-18,28H,7,19-20H2,1-6H3,(H,31,35)/t28-/m0/s1. The minimum absolute atomic E-state index is 0.0958. The molecule has 0 bridgehead atoms. The van der Waals surface area contributed by atoms with Crippen molar-refractivity contribution in [3.8, 4) is 0 Å². The van der Waals surface area contributed by atoms with Gasteiger partial charge in [0, 0.05) is 13.6 Å². The van der Waals surface area contributed by atoms with Crippen LogP contribution in [0.2, 0.25) is 0 Å². The minimum Gasteiger partial charge on any atom is -0.357 e. The van der Waals surface area contributed by atoms with Crippen molar-refractivity contribution in [3.63, 3.8) is 0 Å². The Hall–Kier alpha value is -3.65. The zero-order valence-corrected chi connectivity index (χ0v) is 23.8. The van der Waals surface area contributed by atoms with E-state index in [1.165, 1.54) is 11.9 Å². The maximum Gasteiger partial charge on any atom is 0.264 e. The summed E-state index contributed by atoms with van der Waals surface area (Å²) >= 11 is 0. The van der Waals surface area contributed by atoms with Crippen LogP contribution in [0, 0.1) is 27.7 Å². The molecule has 0 spiro atoms. The number of likely N-dealkylation sites (N-methyl/N-ethyl adjacent to an activating group) is 1. The molecule has 0 saturated heterocycles. The van der Waals surface area contributed by atoms with Gasteiger partial charge in [0.05, 0.1) is 10.6 Å². The average Bonchev–Trinajstić information content (AvgIpc) is 2.87. The van der Waals surface area contributed by atoms with E-state index >= 15 is 0 Å². The quantitative estimate of drug-likeness (QED) is 0.409. The number of anilines is 1. The van der Waals surface area contributed by atoms with Crippen LogP contribution in [0.25, 0.3) is 0 Å². The van der Waals surface area contributed by atoms with E-state index in [1.807, 2.05) is 65.0 Å². The van der Waals surface area contributed by atoms with Gasteiger partial charge in [0.2, 0.25) is 11.8 Å². The highest BCUT2D eigenvalue weighted by Gasteiger charge is 2.33. The molecule has 8 heteroatoms. The summed E-state index contributed by atoms with van der Waals surface area (Å²) in [7, 11) is -2.55. The zero-order chi connectivity index (χ0) is 28.0. The van der Waals surface area contributed by atoms with E-state index in [0.29, 0.717) is 12.1 Å². The van der Waals surface area contributed by atoms with Crippen molar-refractivity contribution in [2.75, 3.05) is 17.9 Å². The van der Waals surface area contributed by atoms with Crippen molar-refractivity contribution in [2.45, 2.75) is 58.5 Å². The lowest BCUT2D eigenvalue weighted by atomic mass is 10.1. The lowest BCUT2D eigenvalue weighted by molar-refractivity contribution is -0.140. The fourth-order valence-electron chi connectivity index (χ4n) is 4.44. The smallest absolute Gasteiger partial charge is 0.264 e. The van der Waals surface area contributed by atoms with Crippen LogP contribution < -0.4 is 9.62 Å². The monoisotopic (exact) mass is 535 g/mol. The molecule has 3 aromatic carbocycles. The van der Waals surface area contributed by atoms with E-state index in [1.54, 1.807) is 36.4 Å². The molecule has 2 amide bonds. The van der Waals surface area contributed by atoms with E-state index in [0.717, 1.165) is 32.1 Å². The van der Waals surface area contributed by atoms with Gasteiger partial charge in [-0.3, -0.25) is 13.9 Å². The van der Waals surface area contributed by atoms with E-state index in [4.69, 9.17) is 0 Å². The predicted molar refractivity (Wildman–Crippen MR) is 152 cm³/mol. The van der Waals surface area contributed by atoms with E-state index in [2.05, 4.69) is 5.32 Å². The van der Waals surface area contributed by atoms with Crippen LogP contribution in [0.4, 0.5) is 5.69 Å². The number of carbonyl (C=O) groups excluding carboxylic acids is 2. The molecular formula is C30H37N3O4S. The lowest BCUT2D eigenvalue weighted by Gasteiger charge is -2.33. The van der Waals surface area contributed by atoms with Crippen molar-refractivity contribution in [3.05, 3.63) is 94.5 Å². The SMILES string of the molecule is CC[C@@H](C(=O)NC)N(Cc1ccc(C)cc1)C(=O)CN(c1cc(C)cc(C)c1)S(=O)(=O)c1ccc(C)cc1. The molecule has 0 unspecified atom stereocenters. The number of sulfonamides is 1. The van der Waals surface area contributed by atoms with Gasteiger partial charge < -0.3 is 10.2 Å². The van der Waals surface area contributed by atoms with Crippen LogP contribution in [0.5, 0.6) is 0 Å². The maximum atomic E-state index is 14.0. The first-order valence-corrected chi connectivity index (χ1v) is 14.1. The highest BCUT2D eigenvalue weighted by atomic mass is 32.2. The summed E-state index contributed by atoms with van der Waals surface area (Å²) in [5.74, 6) is -0.761. The number of carbonyl (C=O) groups is 2. The van der Waals surface area contributed by atoms with Crippen molar-refractivity contribution >= 4 is 27.5 Å². The van der Waals surface area contributed by atoms with Gasteiger partial charge in [0.1, 0.15) is 12.6 Å². The average molecular weight is 536 g/mol. The molecule has 0 aliphatic rings. The highest BCUT2D eigenvalue weighted by Crippen LogP contribution is 2.27. The van der Waals surface area contributed by atoms with Crippen LogP contribution in [0.15, 0.2) is 71.6 Å². The lowest BCUT2D eigenvalue weighted by Crippen LogP contribution is -2.51. The molecule has 202 valence electrons. The molecule has 0 fully saturated rings. The molecule has 1 N–H and O–H groups in total. The Balaban J connectivity index is 2.09. The zero-order valence-electron chi connectivity index (χ0n) is 23.0. The molecule has 38 heavy (non-hydrogen) atoms. The molecule has 0 saturated carbocycles. The van der Waals surface area contributed by atoms with Crippen LogP contribution in [-0.2, 0) is 26.2 Å². The third kappa shape index (κ3) is 6.81. The van der Waals surface area contributed by atoms with Gasteiger partial charge in [-0.25, -0.2) is 8.42 Å². The van der Waals surface area contributed by atoms with Gasteiger partial charge in [-0.05, 0) is 75.1 Å². The Labute approximate surface area is 226 Å². The molecule has 1 atom stereocenters. The van der Waals surface area contributed by atoms with Gasteiger partial charge in [0.25, 0.3) is 10.0 Å². The number of benzene rings is 3.